The smallest absolute Gasteiger partial charge is 0.262 e. The van der Waals surface area contributed by atoms with E-state index in [0.717, 1.165) is 15.4 Å². The molecule has 0 aliphatic heterocycles. The van der Waals surface area contributed by atoms with Crippen LogP contribution in [-0.2, 0) is 14.8 Å². The summed E-state index contributed by atoms with van der Waals surface area (Å²) in [6, 6.07) is 12.1. The van der Waals surface area contributed by atoms with Crippen molar-refractivity contribution in [3.63, 3.8) is 0 Å². The van der Waals surface area contributed by atoms with Crippen LogP contribution in [0.5, 0.6) is 5.75 Å². The number of sulfonamides is 1. The third kappa shape index (κ3) is 4.58. The summed E-state index contributed by atoms with van der Waals surface area (Å²) < 4.78 is 31.2. The number of amides is 1. The molecule has 134 valence electrons. The van der Waals surface area contributed by atoms with Gasteiger partial charge in [0.1, 0.15) is 5.75 Å². The summed E-state index contributed by atoms with van der Waals surface area (Å²) in [5.41, 5.74) is 2.05. The van der Waals surface area contributed by atoms with Gasteiger partial charge in [0.2, 0.25) is 10.0 Å². The van der Waals surface area contributed by atoms with Crippen LogP contribution in [0.15, 0.2) is 47.4 Å². The van der Waals surface area contributed by atoms with Crippen molar-refractivity contribution in [2.75, 3.05) is 26.0 Å². The lowest BCUT2D eigenvalue weighted by Gasteiger charge is -2.16. The van der Waals surface area contributed by atoms with Gasteiger partial charge in [-0.05, 0) is 49.2 Å². The number of ether oxygens (including phenoxy) is 1. The molecule has 25 heavy (non-hydrogen) atoms. The van der Waals surface area contributed by atoms with Crippen LogP contribution >= 0.6 is 0 Å². The van der Waals surface area contributed by atoms with Crippen molar-refractivity contribution in [2.24, 2.45) is 0 Å². The molecule has 0 heterocycles. The lowest BCUT2D eigenvalue weighted by molar-refractivity contribution is -0.118. The van der Waals surface area contributed by atoms with E-state index in [-0.39, 0.29) is 17.4 Å². The molecule has 6 nitrogen and oxygen atoms in total. The first-order valence-electron chi connectivity index (χ1n) is 7.73. The first-order valence-corrected chi connectivity index (χ1v) is 9.17. The minimum atomic E-state index is -3.58. The Kier molecular flexibility index (Phi) is 5.81. The van der Waals surface area contributed by atoms with E-state index in [1.165, 1.54) is 20.2 Å². The van der Waals surface area contributed by atoms with Crippen LogP contribution < -0.4 is 10.1 Å². The molecule has 7 heteroatoms. The Hall–Kier alpha value is -2.38. The summed E-state index contributed by atoms with van der Waals surface area (Å²) in [6.07, 6.45) is 0. The fourth-order valence-corrected chi connectivity index (χ4v) is 3.18. The number of aryl methyl sites for hydroxylation is 1. The molecule has 0 aromatic heterocycles. The maximum Gasteiger partial charge on any atom is 0.262 e. The standard InChI is InChI=1S/C18H22N2O4S/c1-13-10-16(25(22,23)20(3)4)11-17(14(13)2)19-18(21)12-24-15-8-6-5-7-9-15/h5-11H,12H2,1-4H3,(H,19,21). The van der Waals surface area contributed by atoms with Crippen molar-refractivity contribution in [1.82, 2.24) is 4.31 Å². The molecular weight excluding hydrogens is 340 g/mol. The van der Waals surface area contributed by atoms with Gasteiger partial charge in [-0.3, -0.25) is 4.79 Å². The van der Waals surface area contributed by atoms with Crippen molar-refractivity contribution in [3.8, 4) is 5.75 Å². The van der Waals surface area contributed by atoms with Crippen molar-refractivity contribution in [2.45, 2.75) is 18.7 Å². The number of nitrogens with one attached hydrogen (secondary N) is 1. The topological polar surface area (TPSA) is 75.7 Å². The van der Waals surface area contributed by atoms with Crippen molar-refractivity contribution in [1.29, 1.82) is 0 Å². The molecule has 0 fully saturated rings. The van der Waals surface area contributed by atoms with Crippen LogP contribution in [0.4, 0.5) is 5.69 Å². The summed E-state index contributed by atoms with van der Waals surface area (Å²) in [4.78, 5) is 12.3. The lowest BCUT2D eigenvalue weighted by atomic mass is 10.1. The number of hydrogen-bond donors (Lipinski definition) is 1. The van der Waals surface area contributed by atoms with Gasteiger partial charge < -0.3 is 10.1 Å². The number of para-hydroxylation sites is 1. The highest BCUT2D eigenvalue weighted by Crippen LogP contribution is 2.25. The van der Waals surface area contributed by atoms with Gasteiger partial charge in [0.15, 0.2) is 6.61 Å². The lowest BCUT2D eigenvalue weighted by Crippen LogP contribution is -2.24. The van der Waals surface area contributed by atoms with Crippen LogP contribution in [0.2, 0.25) is 0 Å². The molecule has 0 aliphatic rings. The number of nitrogens with zero attached hydrogens (tertiary/aromatic N) is 1. The highest BCUT2D eigenvalue weighted by molar-refractivity contribution is 7.89. The highest BCUT2D eigenvalue weighted by Gasteiger charge is 2.20. The molecule has 2 aromatic rings. The fourth-order valence-electron chi connectivity index (χ4n) is 2.17. The first-order chi connectivity index (χ1) is 11.7. The molecule has 0 saturated heterocycles. The normalized spacial score (nSPS) is 11.4. The number of carbonyl (C=O) groups is 1. The molecular formula is C18H22N2O4S. The van der Waals surface area contributed by atoms with Crippen LogP contribution in [0, 0.1) is 13.8 Å². The predicted molar refractivity (Wildman–Crippen MR) is 97.4 cm³/mol. The zero-order valence-corrected chi connectivity index (χ0v) is 15.6. The minimum Gasteiger partial charge on any atom is -0.484 e. The SMILES string of the molecule is Cc1cc(S(=O)(=O)N(C)C)cc(NC(=O)COc2ccccc2)c1C. The van der Waals surface area contributed by atoms with Gasteiger partial charge in [0, 0.05) is 19.8 Å². The molecule has 1 amide bonds. The molecule has 2 aromatic carbocycles. The molecule has 0 unspecified atom stereocenters. The number of rotatable bonds is 6. The second kappa shape index (κ2) is 7.67. The zero-order valence-electron chi connectivity index (χ0n) is 14.7. The summed E-state index contributed by atoms with van der Waals surface area (Å²) >= 11 is 0. The number of benzene rings is 2. The van der Waals surface area contributed by atoms with Crippen LogP contribution in [0.3, 0.4) is 0 Å². The van der Waals surface area contributed by atoms with E-state index in [1.54, 1.807) is 25.1 Å². The molecule has 0 bridgehead atoms. The minimum absolute atomic E-state index is 0.139. The molecule has 0 aliphatic carbocycles. The van der Waals surface area contributed by atoms with Crippen molar-refractivity contribution >= 4 is 21.6 Å². The monoisotopic (exact) mass is 362 g/mol. The Morgan fingerprint density at radius 3 is 2.36 bits per heavy atom. The first kappa shape index (κ1) is 19.0. The van der Waals surface area contributed by atoms with Crippen LogP contribution in [0.25, 0.3) is 0 Å². The molecule has 2 rings (SSSR count). The van der Waals surface area contributed by atoms with Gasteiger partial charge >= 0.3 is 0 Å². The van der Waals surface area contributed by atoms with E-state index in [1.807, 2.05) is 25.1 Å². The Morgan fingerprint density at radius 2 is 1.76 bits per heavy atom. The second-order valence-electron chi connectivity index (χ2n) is 5.85. The number of carbonyl (C=O) groups excluding carboxylic acids is 1. The highest BCUT2D eigenvalue weighted by atomic mass is 32.2. The van der Waals surface area contributed by atoms with Gasteiger partial charge in [-0.15, -0.1) is 0 Å². The number of hydrogen-bond acceptors (Lipinski definition) is 4. The van der Waals surface area contributed by atoms with E-state index in [4.69, 9.17) is 4.74 Å². The van der Waals surface area contributed by atoms with Gasteiger partial charge in [0.05, 0.1) is 4.90 Å². The van der Waals surface area contributed by atoms with Gasteiger partial charge in [-0.2, -0.15) is 0 Å². The average molecular weight is 362 g/mol. The third-order valence-electron chi connectivity index (χ3n) is 3.81. The molecule has 0 radical (unpaired) electrons. The van der Waals surface area contributed by atoms with Crippen LogP contribution in [0.1, 0.15) is 11.1 Å². The largest absolute Gasteiger partial charge is 0.484 e. The second-order valence-corrected chi connectivity index (χ2v) is 8.00. The molecule has 0 spiro atoms. The Bertz CT molecular complexity index is 862. The zero-order chi connectivity index (χ0) is 18.6. The summed E-state index contributed by atoms with van der Waals surface area (Å²) in [7, 11) is -0.641. The van der Waals surface area contributed by atoms with Gasteiger partial charge in [-0.25, -0.2) is 12.7 Å². The third-order valence-corrected chi connectivity index (χ3v) is 5.60. The molecule has 0 atom stereocenters. The fraction of sp³-hybridized carbons (Fsp3) is 0.278. The Labute approximate surface area is 148 Å². The quantitative estimate of drug-likeness (QED) is 0.857. The van der Waals surface area contributed by atoms with Crippen LogP contribution in [-0.4, -0.2) is 39.3 Å². The Balaban J connectivity index is 2.18. The predicted octanol–water partition coefficient (Wildman–Crippen LogP) is 2.57. The van der Waals surface area contributed by atoms with Crippen molar-refractivity contribution < 1.29 is 17.9 Å². The Morgan fingerprint density at radius 1 is 1.12 bits per heavy atom. The summed E-state index contributed by atoms with van der Waals surface area (Å²) in [5, 5.41) is 2.73. The summed E-state index contributed by atoms with van der Waals surface area (Å²) in [5.74, 6) is 0.236. The maximum absolute atomic E-state index is 12.3. The maximum atomic E-state index is 12.3. The van der Waals surface area contributed by atoms with E-state index in [0.29, 0.717) is 11.4 Å². The summed E-state index contributed by atoms with van der Waals surface area (Å²) in [6.45, 7) is 3.47. The average Bonchev–Trinajstić information content (AvgIpc) is 2.57. The van der Waals surface area contributed by atoms with E-state index in [9.17, 15) is 13.2 Å². The van der Waals surface area contributed by atoms with E-state index >= 15 is 0 Å². The number of anilines is 1. The van der Waals surface area contributed by atoms with Crippen molar-refractivity contribution in [3.05, 3.63) is 53.6 Å². The molecule has 0 saturated carbocycles. The van der Waals surface area contributed by atoms with Gasteiger partial charge in [-0.1, -0.05) is 18.2 Å². The van der Waals surface area contributed by atoms with E-state index in [2.05, 4.69) is 5.32 Å². The van der Waals surface area contributed by atoms with E-state index < -0.39 is 10.0 Å². The molecule has 1 N–H and O–H groups in total. The van der Waals surface area contributed by atoms with Gasteiger partial charge in [0.25, 0.3) is 5.91 Å².